The zero-order valence-electron chi connectivity index (χ0n) is 10.5. The van der Waals surface area contributed by atoms with Crippen molar-refractivity contribution < 1.29 is 24.5 Å². The molecule has 0 radical (unpaired) electrons. The number of hydrogen-bond acceptors (Lipinski definition) is 4. The highest BCUT2D eigenvalue weighted by Crippen LogP contribution is 2.46. The highest BCUT2D eigenvalue weighted by Gasteiger charge is 2.42. The minimum atomic E-state index is -1.53. The fourth-order valence-corrected chi connectivity index (χ4v) is 2.72. The average molecular weight is 264 g/mol. The first-order valence-corrected chi connectivity index (χ1v) is 6.52. The van der Waals surface area contributed by atoms with Crippen LogP contribution in [0.1, 0.15) is 43.8 Å². The van der Waals surface area contributed by atoms with Crippen LogP contribution in [0.15, 0.2) is 18.2 Å². The summed E-state index contributed by atoms with van der Waals surface area (Å²) in [6.45, 7) is 0. The number of aliphatic hydroxyl groups is 1. The van der Waals surface area contributed by atoms with Crippen LogP contribution in [0.2, 0.25) is 0 Å². The Hall–Kier alpha value is -1.75. The molecule has 2 N–H and O–H groups in total. The minimum absolute atomic E-state index is 0.308. The van der Waals surface area contributed by atoms with Gasteiger partial charge >= 0.3 is 5.97 Å². The van der Waals surface area contributed by atoms with E-state index in [1.165, 1.54) is 6.42 Å². The van der Waals surface area contributed by atoms with Crippen LogP contribution in [-0.2, 0) is 4.79 Å². The van der Waals surface area contributed by atoms with Gasteiger partial charge in [-0.05, 0) is 30.5 Å². The Morgan fingerprint density at radius 2 is 1.84 bits per heavy atom. The lowest BCUT2D eigenvalue weighted by Crippen LogP contribution is -2.40. The fourth-order valence-electron chi connectivity index (χ4n) is 2.72. The summed E-state index contributed by atoms with van der Waals surface area (Å²) in [5.74, 6) is -0.693. The number of aliphatic carboxylic acids is 1. The molecule has 1 atom stereocenters. The Bertz CT molecular complexity index is 505. The molecule has 0 bridgehead atoms. The Kier molecular flexibility index (Phi) is 2.86. The van der Waals surface area contributed by atoms with Gasteiger partial charge in [0, 0.05) is 12.8 Å². The number of carboxylic acid groups (broad SMARTS) is 1. The highest BCUT2D eigenvalue weighted by molar-refractivity contribution is 5.74. The maximum Gasteiger partial charge on any atom is 0.337 e. The molecule has 0 saturated heterocycles. The third-order valence-electron chi connectivity index (χ3n) is 3.72. The second-order valence-corrected chi connectivity index (χ2v) is 5.12. The predicted octanol–water partition coefficient (Wildman–Crippen LogP) is 2.24. The summed E-state index contributed by atoms with van der Waals surface area (Å²) in [5.41, 5.74) is 0.308. The van der Waals surface area contributed by atoms with Crippen molar-refractivity contribution in [3.05, 3.63) is 23.8 Å². The summed E-state index contributed by atoms with van der Waals surface area (Å²) in [6, 6.07) is 4.78. The van der Waals surface area contributed by atoms with Crippen LogP contribution in [0.5, 0.6) is 11.5 Å². The summed E-state index contributed by atoms with van der Waals surface area (Å²) < 4.78 is 11.8. The van der Waals surface area contributed by atoms with Gasteiger partial charge in [0.1, 0.15) is 0 Å². The van der Waals surface area contributed by atoms with Crippen LogP contribution in [-0.4, -0.2) is 22.0 Å². The van der Waals surface area contributed by atoms with Gasteiger partial charge in [-0.1, -0.05) is 12.5 Å². The first-order valence-electron chi connectivity index (χ1n) is 6.52. The molecule has 5 heteroatoms. The molecule has 1 fully saturated rings. The number of ether oxygens (including phenoxy) is 2. The number of benzene rings is 1. The number of aliphatic hydroxyl groups excluding tert-OH is 1. The molecule has 1 aromatic carbocycles. The number of hydrogen-bond donors (Lipinski definition) is 2. The molecule has 1 aliphatic heterocycles. The normalized spacial score (nSPS) is 21.3. The molecular formula is C14H16O5. The van der Waals surface area contributed by atoms with E-state index < -0.39 is 17.9 Å². The summed E-state index contributed by atoms with van der Waals surface area (Å²) in [5, 5.41) is 18.3. The average Bonchev–Trinajstić information content (AvgIpc) is 2.74. The molecule has 2 aliphatic rings. The molecule has 1 unspecified atom stereocenters. The zero-order valence-corrected chi connectivity index (χ0v) is 10.5. The third-order valence-corrected chi connectivity index (χ3v) is 3.72. The number of carboxylic acids is 1. The summed E-state index contributed by atoms with van der Waals surface area (Å²) in [7, 11) is 0. The minimum Gasteiger partial charge on any atom is -0.479 e. The molecule has 0 aromatic heterocycles. The third kappa shape index (κ3) is 2.14. The van der Waals surface area contributed by atoms with Crippen LogP contribution < -0.4 is 9.47 Å². The Labute approximate surface area is 110 Å². The van der Waals surface area contributed by atoms with Gasteiger partial charge in [0.05, 0.1) is 0 Å². The van der Waals surface area contributed by atoms with E-state index in [-0.39, 0.29) is 0 Å². The lowest BCUT2D eigenvalue weighted by Gasteiger charge is -2.31. The zero-order chi connectivity index (χ0) is 13.5. The SMILES string of the molecule is O=C(O)C(O)c1ccc2c(c1)OC1(CCCCC1)O2. The molecule has 0 amide bonds. The van der Waals surface area contributed by atoms with Crippen molar-refractivity contribution in [2.24, 2.45) is 0 Å². The van der Waals surface area contributed by atoms with Gasteiger partial charge in [-0.2, -0.15) is 0 Å². The van der Waals surface area contributed by atoms with Gasteiger partial charge in [0.15, 0.2) is 17.6 Å². The molecule has 1 heterocycles. The number of carbonyl (C=O) groups is 1. The van der Waals surface area contributed by atoms with E-state index in [9.17, 15) is 9.90 Å². The van der Waals surface area contributed by atoms with Crippen molar-refractivity contribution in [2.75, 3.05) is 0 Å². The van der Waals surface area contributed by atoms with Crippen molar-refractivity contribution in [1.29, 1.82) is 0 Å². The van der Waals surface area contributed by atoms with Gasteiger partial charge in [-0.15, -0.1) is 0 Å². The molecule has 1 aromatic rings. The first-order chi connectivity index (χ1) is 9.10. The molecule has 1 spiro atoms. The van der Waals surface area contributed by atoms with E-state index in [2.05, 4.69) is 0 Å². The predicted molar refractivity (Wildman–Crippen MR) is 66.1 cm³/mol. The molecule has 5 nitrogen and oxygen atoms in total. The second-order valence-electron chi connectivity index (χ2n) is 5.12. The Morgan fingerprint density at radius 3 is 2.53 bits per heavy atom. The van der Waals surface area contributed by atoms with E-state index >= 15 is 0 Å². The van der Waals surface area contributed by atoms with E-state index in [1.807, 2.05) is 0 Å². The van der Waals surface area contributed by atoms with Crippen LogP contribution in [0.3, 0.4) is 0 Å². The molecule has 1 aliphatic carbocycles. The molecule has 19 heavy (non-hydrogen) atoms. The van der Waals surface area contributed by atoms with Crippen molar-refractivity contribution in [3.8, 4) is 11.5 Å². The maximum atomic E-state index is 10.8. The first kappa shape index (κ1) is 12.3. The lowest BCUT2D eigenvalue weighted by molar-refractivity contribution is -0.146. The van der Waals surface area contributed by atoms with Gasteiger partial charge in [0.2, 0.25) is 0 Å². The summed E-state index contributed by atoms with van der Waals surface area (Å²) in [4.78, 5) is 10.8. The van der Waals surface area contributed by atoms with E-state index in [4.69, 9.17) is 14.6 Å². The van der Waals surface area contributed by atoms with E-state index in [0.29, 0.717) is 17.1 Å². The summed E-state index contributed by atoms with van der Waals surface area (Å²) >= 11 is 0. The van der Waals surface area contributed by atoms with E-state index in [0.717, 1.165) is 25.7 Å². The quantitative estimate of drug-likeness (QED) is 0.856. The van der Waals surface area contributed by atoms with Crippen molar-refractivity contribution in [1.82, 2.24) is 0 Å². The van der Waals surface area contributed by atoms with Gasteiger partial charge < -0.3 is 19.7 Å². The second kappa shape index (κ2) is 4.42. The molecule has 102 valence electrons. The lowest BCUT2D eigenvalue weighted by atomic mass is 9.94. The summed E-state index contributed by atoms with van der Waals surface area (Å²) in [6.07, 6.45) is 3.49. The topological polar surface area (TPSA) is 76.0 Å². The van der Waals surface area contributed by atoms with Gasteiger partial charge in [-0.3, -0.25) is 0 Å². The largest absolute Gasteiger partial charge is 0.479 e. The van der Waals surface area contributed by atoms with Crippen LogP contribution in [0, 0.1) is 0 Å². The Morgan fingerprint density at radius 1 is 1.16 bits per heavy atom. The van der Waals surface area contributed by atoms with Crippen LogP contribution in [0.4, 0.5) is 0 Å². The van der Waals surface area contributed by atoms with Crippen molar-refractivity contribution in [3.63, 3.8) is 0 Å². The molecule has 1 saturated carbocycles. The monoisotopic (exact) mass is 264 g/mol. The fraction of sp³-hybridized carbons (Fsp3) is 0.500. The molecular weight excluding hydrogens is 248 g/mol. The standard InChI is InChI=1S/C14H16O5/c15-12(13(16)17)9-4-5-10-11(8-9)19-14(18-10)6-2-1-3-7-14/h4-5,8,12,15H,1-3,6-7H2,(H,16,17). The van der Waals surface area contributed by atoms with E-state index in [1.54, 1.807) is 18.2 Å². The van der Waals surface area contributed by atoms with Crippen molar-refractivity contribution in [2.45, 2.75) is 44.0 Å². The van der Waals surface area contributed by atoms with Gasteiger partial charge in [-0.25, -0.2) is 4.79 Å². The number of rotatable bonds is 2. The van der Waals surface area contributed by atoms with Crippen LogP contribution in [0.25, 0.3) is 0 Å². The molecule has 3 rings (SSSR count). The maximum absolute atomic E-state index is 10.8. The van der Waals surface area contributed by atoms with Crippen molar-refractivity contribution >= 4 is 5.97 Å². The number of fused-ring (bicyclic) bond motifs is 1. The van der Waals surface area contributed by atoms with Gasteiger partial charge in [0.25, 0.3) is 5.79 Å². The Balaban J connectivity index is 1.85. The smallest absolute Gasteiger partial charge is 0.337 e. The highest BCUT2D eigenvalue weighted by atomic mass is 16.7. The van der Waals surface area contributed by atoms with Crippen LogP contribution >= 0.6 is 0 Å².